The first-order chi connectivity index (χ1) is 22.1. The lowest BCUT2D eigenvalue weighted by molar-refractivity contribution is 0.0941. The molecule has 230 valence electrons. The van der Waals surface area contributed by atoms with Gasteiger partial charge in [-0.25, -0.2) is 14.6 Å². The molecule has 0 bridgehead atoms. The molecule has 0 radical (unpaired) electrons. The zero-order valence-corrected chi connectivity index (χ0v) is 25.5. The molecular weight excluding hydrogens is 606 g/mol. The maximum absolute atomic E-state index is 14.6. The van der Waals surface area contributed by atoms with Crippen molar-refractivity contribution >= 4 is 38.4 Å². The van der Waals surface area contributed by atoms with E-state index >= 15 is 0 Å². The van der Waals surface area contributed by atoms with Crippen LogP contribution in [0.5, 0.6) is 0 Å². The molecule has 13 nitrogen and oxygen atoms in total. The van der Waals surface area contributed by atoms with Gasteiger partial charge in [-0.2, -0.15) is 13.5 Å². The summed E-state index contributed by atoms with van der Waals surface area (Å²) in [5.41, 5.74) is 4.26. The van der Waals surface area contributed by atoms with Crippen LogP contribution in [0.4, 0.5) is 5.82 Å². The maximum Gasteiger partial charge on any atom is 0.297 e. The minimum atomic E-state index is -4.26. The van der Waals surface area contributed by atoms with Crippen LogP contribution in [0.1, 0.15) is 51.3 Å². The van der Waals surface area contributed by atoms with E-state index in [0.717, 1.165) is 22.1 Å². The van der Waals surface area contributed by atoms with Crippen LogP contribution in [-0.4, -0.2) is 43.3 Å². The molecule has 0 unspecified atom stereocenters. The third-order valence-corrected chi connectivity index (χ3v) is 8.36. The number of amides is 1. The van der Waals surface area contributed by atoms with Crippen molar-refractivity contribution in [3.8, 4) is 17.5 Å². The highest BCUT2D eigenvalue weighted by molar-refractivity contribution is 7.90. The molecule has 0 saturated heterocycles. The van der Waals surface area contributed by atoms with Crippen LogP contribution >= 0.6 is 0 Å². The van der Waals surface area contributed by atoms with Gasteiger partial charge in [0.1, 0.15) is 5.56 Å². The van der Waals surface area contributed by atoms with Crippen LogP contribution in [0.2, 0.25) is 0 Å². The Morgan fingerprint density at radius 1 is 1.07 bits per heavy atom. The third kappa shape index (κ3) is 5.07. The highest BCUT2D eigenvalue weighted by atomic mass is 32.2. The van der Waals surface area contributed by atoms with Crippen LogP contribution in [0.25, 0.3) is 22.1 Å². The largest absolute Gasteiger partial charge is 0.344 e. The average Bonchev–Trinajstić information content (AvgIpc) is 3.74. The van der Waals surface area contributed by atoms with E-state index in [1.807, 2.05) is 49.5 Å². The van der Waals surface area contributed by atoms with Gasteiger partial charge in [-0.3, -0.25) is 23.6 Å². The fraction of sp³-hybridized carbons (Fsp3) is 0.156. The number of hydrogen-bond donors (Lipinski definition) is 3. The van der Waals surface area contributed by atoms with Gasteiger partial charge >= 0.3 is 0 Å². The number of anilines is 1. The van der Waals surface area contributed by atoms with E-state index in [1.165, 1.54) is 16.9 Å². The summed E-state index contributed by atoms with van der Waals surface area (Å²) in [5.74, 6) is 5.39. The standard InChI is InChI=1S/C32H27N9O4S/c1-19(36-31(42)27-29(38-46(33,44)45)37-40-16-6-15-34-30(27)40)28-24-14-13-21-11-12-22(10-9-20-17-35-39(2)18-20)26(25(21)24)32(43)41(28)23-7-4-3-5-8-23/h3-8,11-12,15-19H,13-14H2,1-2H3,(H,36,42)(H,37,38)(H2,33,44,45)/t19-/m1/s1. The predicted octanol–water partition coefficient (Wildman–Crippen LogP) is 2.37. The van der Waals surface area contributed by atoms with Crippen molar-refractivity contribution < 1.29 is 13.2 Å². The number of fused-ring (bicyclic) bond motifs is 1. The summed E-state index contributed by atoms with van der Waals surface area (Å²) in [6.45, 7) is 1.78. The van der Waals surface area contributed by atoms with Gasteiger partial charge in [0, 0.05) is 36.9 Å². The number of carbonyl (C=O) groups is 1. The Labute approximate surface area is 262 Å². The SMILES string of the molecule is C[C@@H](NC(=O)c1c(NS(N)(=O)=O)nn2cccnc12)c1c2c3c(ccc(C#Cc4cnn(C)c4)c3c(=O)n1-c1ccccc1)CC2. The van der Waals surface area contributed by atoms with Gasteiger partial charge in [-0.15, -0.1) is 5.10 Å². The number of nitrogens with two attached hydrogens (primary N) is 1. The number of hydrogen-bond acceptors (Lipinski definition) is 7. The fourth-order valence-corrected chi connectivity index (χ4v) is 6.49. The average molecular weight is 634 g/mol. The van der Waals surface area contributed by atoms with Gasteiger partial charge in [0.15, 0.2) is 11.5 Å². The second-order valence-corrected chi connectivity index (χ2v) is 12.3. The molecule has 0 spiro atoms. The van der Waals surface area contributed by atoms with Gasteiger partial charge in [0.05, 0.1) is 28.9 Å². The number of nitrogens with zero attached hydrogens (tertiary/aromatic N) is 6. The first-order valence-electron chi connectivity index (χ1n) is 14.3. The Hall–Kier alpha value is -5.78. The lowest BCUT2D eigenvalue weighted by atomic mass is 9.97. The highest BCUT2D eigenvalue weighted by Gasteiger charge is 2.30. The molecule has 0 aliphatic heterocycles. The molecule has 4 aromatic heterocycles. The summed E-state index contributed by atoms with van der Waals surface area (Å²) < 4.78 is 30.5. The van der Waals surface area contributed by atoms with Crippen LogP contribution in [0, 0.1) is 11.8 Å². The van der Waals surface area contributed by atoms with Gasteiger partial charge in [0.25, 0.3) is 21.7 Å². The van der Waals surface area contributed by atoms with Crippen LogP contribution < -0.4 is 20.7 Å². The number of nitrogens with one attached hydrogen (secondary N) is 2. The second-order valence-electron chi connectivity index (χ2n) is 11.0. The summed E-state index contributed by atoms with van der Waals surface area (Å²) in [6, 6.07) is 14.0. The van der Waals surface area contributed by atoms with E-state index < -0.39 is 22.2 Å². The molecule has 0 fully saturated rings. The number of para-hydroxylation sites is 1. The van der Waals surface area contributed by atoms with Crippen molar-refractivity contribution in [3.05, 3.63) is 117 Å². The first kappa shape index (κ1) is 29.0. The van der Waals surface area contributed by atoms with Crippen molar-refractivity contribution in [2.75, 3.05) is 4.72 Å². The molecule has 4 heterocycles. The summed E-state index contributed by atoms with van der Waals surface area (Å²) in [5, 5.41) is 17.9. The van der Waals surface area contributed by atoms with Crippen molar-refractivity contribution in [3.63, 3.8) is 0 Å². The van der Waals surface area contributed by atoms with E-state index in [2.05, 4.69) is 37.1 Å². The molecule has 2 aromatic carbocycles. The minimum absolute atomic E-state index is 0.110. The Morgan fingerprint density at radius 2 is 1.87 bits per heavy atom. The minimum Gasteiger partial charge on any atom is -0.344 e. The first-order valence-corrected chi connectivity index (χ1v) is 15.9. The number of rotatable bonds is 6. The monoisotopic (exact) mass is 633 g/mol. The molecule has 1 aliphatic rings. The smallest absolute Gasteiger partial charge is 0.297 e. The predicted molar refractivity (Wildman–Crippen MR) is 172 cm³/mol. The van der Waals surface area contributed by atoms with E-state index in [4.69, 9.17) is 5.14 Å². The van der Waals surface area contributed by atoms with Crippen LogP contribution in [0.15, 0.2) is 78.1 Å². The quantitative estimate of drug-likeness (QED) is 0.236. The zero-order chi connectivity index (χ0) is 32.2. The van der Waals surface area contributed by atoms with Gasteiger partial charge in [-0.1, -0.05) is 36.1 Å². The summed E-state index contributed by atoms with van der Waals surface area (Å²) in [7, 11) is -2.45. The van der Waals surface area contributed by atoms with Gasteiger partial charge < -0.3 is 5.32 Å². The molecule has 0 saturated carbocycles. The van der Waals surface area contributed by atoms with Crippen molar-refractivity contribution in [2.45, 2.75) is 25.8 Å². The van der Waals surface area contributed by atoms with E-state index in [9.17, 15) is 18.0 Å². The molecular formula is C32H27N9O4S. The van der Waals surface area contributed by atoms with Crippen molar-refractivity contribution in [1.82, 2.24) is 34.3 Å². The topological polar surface area (TPSA) is 171 Å². The zero-order valence-electron chi connectivity index (χ0n) is 24.7. The van der Waals surface area contributed by atoms with Crippen molar-refractivity contribution in [2.24, 2.45) is 12.2 Å². The third-order valence-electron chi connectivity index (χ3n) is 7.88. The number of aromatic nitrogens is 6. The molecule has 1 amide bonds. The maximum atomic E-state index is 14.6. The summed E-state index contributed by atoms with van der Waals surface area (Å²) in [6.07, 6.45) is 7.83. The fourth-order valence-electron chi connectivity index (χ4n) is 6.08. The summed E-state index contributed by atoms with van der Waals surface area (Å²) in [4.78, 5) is 32.7. The highest BCUT2D eigenvalue weighted by Crippen LogP contribution is 2.36. The van der Waals surface area contributed by atoms with Crippen molar-refractivity contribution in [1.29, 1.82) is 0 Å². The molecule has 4 N–H and O–H groups in total. The number of benzene rings is 2. The molecule has 6 aromatic rings. The molecule has 46 heavy (non-hydrogen) atoms. The molecule has 14 heteroatoms. The lowest BCUT2D eigenvalue weighted by Crippen LogP contribution is -2.34. The van der Waals surface area contributed by atoms with Gasteiger partial charge in [-0.05, 0) is 60.5 Å². The van der Waals surface area contributed by atoms with E-state index in [1.54, 1.807) is 34.6 Å². The Balaban J connectivity index is 1.40. The van der Waals surface area contributed by atoms with Gasteiger partial charge in [0.2, 0.25) is 0 Å². The molecule has 1 aliphatic carbocycles. The number of pyridine rings is 1. The normalized spacial score (nSPS) is 13.0. The Morgan fingerprint density at radius 3 is 2.61 bits per heavy atom. The Bertz CT molecular complexity index is 2430. The van der Waals surface area contributed by atoms with E-state index in [0.29, 0.717) is 35.2 Å². The van der Waals surface area contributed by atoms with Crippen LogP contribution in [0.3, 0.4) is 0 Å². The number of carbonyl (C=O) groups excluding carboxylic acids is 1. The number of aryl methyl sites for hydroxylation is 3. The summed E-state index contributed by atoms with van der Waals surface area (Å²) >= 11 is 0. The molecule has 1 atom stereocenters. The lowest BCUT2D eigenvalue weighted by Gasteiger charge is -2.24. The Kier molecular flexibility index (Phi) is 6.92. The molecule has 7 rings (SSSR count). The van der Waals surface area contributed by atoms with E-state index in [-0.39, 0.29) is 22.6 Å². The second kappa shape index (κ2) is 11.0. The van der Waals surface area contributed by atoms with Crippen LogP contribution in [-0.2, 0) is 30.1 Å².